The van der Waals surface area contributed by atoms with E-state index < -0.39 is 17.5 Å². The molecule has 0 bridgehead atoms. The smallest absolute Gasteiger partial charge is 0.256 e. The van der Waals surface area contributed by atoms with Crippen LogP contribution in [0.1, 0.15) is 29.6 Å². The molecule has 0 unspecified atom stereocenters. The van der Waals surface area contributed by atoms with Gasteiger partial charge in [-0.2, -0.15) is 0 Å². The number of piperidine rings is 1. The van der Waals surface area contributed by atoms with E-state index in [1.54, 1.807) is 4.90 Å². The van der Waals surface area contributed by atoms with Crippen LogP contribution in [0.15, 0.2) is 16.6 Å². The number of nitrogens with zero attached hydrogens (tertiary/aromatic N) is 1. The lowest BCUT2D eigenvalue weighted by molar-refractivity contribution is 0.0719. The maximum Gasteiger partial charge on any atom is 0.256 e. The van der Waals surface area contributed by atoms with Crippen LogP contribution in [0, 0.1) is 11.6 Å². The van der Waals surface area contributed by atoms with Crippen molar-refractivity contribution in [2.45, 2.75) is 19.3 Å². The molecular formula is C12H12BrF2NO. The second-order valence-corrected chi connectivity index (χ2v) is 4.95. The first kappa shape index (κ1) is 12.5. The van der Waals surface area contributed by atoms with Gasteiger partial charge in [0, 0.05) is 13.1 Å². The Morgan fingerprint density at radius 2 is 1.76 bits per heavy atom. The Morgan fingerprint density at radius 3 is 2.41 bits per heavy atom. The highest BCUT2D eigenvalue weighted by Gasteiger charge is 2.22. The summed E-state index contributed by atoms with van der Waals surface area (Å²) >= 11 is 2.89. The van der Waals surface area contributed by atoms with Crippen LogP contribution in [0.4, 0.5) is 8.78 Å². The second-order valence-electron chi connectivity index (χ2n) is 4.10. The van der Waals surface area contributed by atoms with Gasteiger partial charge >= 0.3 is 0 Å². The molecular weight excluding hydrogens is 292 g/mol. The highest BCUT2D eigenvalue weighted by Crippen LogP contribution is 2.22. The molecule has 1 aromatic rings. The van der Waals surface area contributed by atoms with Crippen LogP contribution in [0.5, 0.6) is 0 Å². The van der Waals surface area contributed by atoms with Crippen LogP contribution >= 0.6 is 15.9 Å². The van der Waals surface area contributed by atoms with Crippen molar-refractivity contribution in [2.24, 2.45) is 0 Å². The Hall–Kier alpha value is -0.970. The topological polar surface area (TPSA) is 20.3 Å². The lowest BCUT2D eigenvalue weighted by Gasteiger charge is -2.26. The zero-order valence-corrected chi connectivity index (χ0v) is 10.8. The van der Waals surface area contributed by atoms with Crippen LogP contribution < -0.4 is 0 Å². The second kappa shape index (κ2) is 5.12. The molecule has 1 fully saturated rings. The van der Waals surface area contributed by atoms with Gasteiger partial charge in [0.25, 0.3) is 5.91 Å². The van der Waals surface area contributed by atoms with E-state index in [0.29, 0.717) is 13.1 Å². The average Bonchev–Trinajstić information content (AvgIpc) is 2.34. The largest absolute Gasteiger partial charge is 0.339 e. The zero-order chi connectivity index (χ0) is 12.4. The van der Waals surface area contributed by atoms with Gasteiger partial charge in [-0.05, 0) is 47.3 Å². The number of hydrogen-bond acceptors (Lipinski definition) is 1. The molecule has 17 heavy (non-hydrogen) atoms. The van der Waals surface area contributed by atoms with Gasteiger partial charge in [0.1, 0.15) is 11.6 Å². The monoisotopic (exact) mass is 303 g/mol. The fraction of sp³-hybridized carbons (Fsp3) is 0.417. The van der Waals surface area contributed by atoms with E-state index in [1.807, 2.05) is 0 Å². The fourth-order valence-corrected chi connectivity index (χ4v) is 2.27. The summed E-state index contributed by atoms with van der Waals surface area (Å²) in [5.41, 5.74) is -0.187. The summed E-state index contributed by atoms with van der Waals surface area (Å²) in [5.74, 6) is -1.73. The van der Waals surface area contributed by atoms with E-state index >= 15 is 0 Å². The number of halogens is 3. The first-order valence-electron chi connectivity index (χ1n) is 5.53. The number of likely N-dealkylation sites (tertiary alicyclic amines) is 1. The van der Waals surface area contributed by atoms with Crippen molar-refractivity contribution in [1.82, 2.24) is 4.90 Å². The van der Waals surface area contributed by atoms with Crippen LogP contribution in [-0.4, -0.2) is 23.9 Å². The third kappa shape index (κ3) is 2.65. The number of rotatable bonds is 1. The SMILES string of the molecule is O=C(c1cc(F)c(Br)cc1F)N1CCCCC1. The lowest BCUT2D eigenvalue weighted by Crippen LogP contribution is -2.36. The van der Waals surface area contributed by atoms with Gasteiger partial charge in [-0.3, -0.25) is 4.79 Å². The molecule has 0 radical (unpaired) electrons. The van der Waals surface area contributed by atoms with Gasteiger partial charge in [-0.1, -0.05) is 0 Å². The highest BCUT2D eigenvalue weighted by atomic mass is 79.9. The molecule has 1 heterocycles. The number of benzene rings is 1. The van der Waals surface area contributed by atoms with E-state index in [4.69, 9.17) is 0 Å². The van der Waals surface area contributed by atoms with Gasteiger partial charge in [-0.15, -0.1) is 0 Å². The van der Waals surface area contributed by atoms with Crippen molar-refractivity contribution < 1.29 is 13.6 Å². The van der Waals surface area contributed by atoms with E-state index in [9.17, 15) is 13.6 Å². The van der Waals surface area contributed by atoms with Gasteiger partial charge < -0.3 is 4.90 Å². The van der Waals surface area contributed by atoms with E-state index in [0.717, 1.165) is 31.4 Å². The average molecular weight is 304 g/mol. The molecule has 92 valence electrons. The predicted octanol–water partition coefficient (Wildman–Crippen LogP) is 3.35. The third-order valence-electron chi connectivity index (χ3n) is 2.88. The molecule has 1 amide bonds. The molecule has 0 aliphatic carbocycles. The first-order valence-corrected chi connectivity index (χ1v) is 6.32. The van der Waals surface area contributed by atoms with Crippen molar-refractivity contribution in [3.8, 4) is 0 Å². The van der Waals surface area contributed by atoms with Crippen molar-refractivity contribution in [3.63, 3.8) is 0 Å². The molecule has 0 saturated carbocycles. The number of amides is 1. The van der Waals surface area contributed by atoms with E-state index in [1.165, 1.54) is 0 Å². The zero-order valence-electron chi connectivity index (χ0n) is 9.18. The molecule has 5 heteroatoms. The molecule has 0 spiro atoms. The van der Waals surface area contributed by atoms with Gasteiger partial charge in [0.05, 0.1) is 10.0 Å². The lowest BCUT2D eigenvalue weighted by atomic mass is 10.1. The normalized spacial score (nSPS) is 16.1. The number of carbonyl (C=O) groups excluding carboxylic acids is 1. The molecule has 2 rings (SSSR count). The Morgan fingerprint density at radius 1 is 1.12 bits per heavy atom. The molecule has 1 aliphatic rings. The summed E-state index contributed by atoms with van der Waals surface area (Å²) in [6.07, 6.45) is 2.93. The van der Waals surface area contributed by atoms with E-state index in [2.05, 4.69) is 15.9 Å². The molecule has 1 saturated heterocycles. The Labute approximate surface area is 107 Å². The molecule has 1 aromatic carbocycles. The Balaban J connectivity index is 2.26. The molecule has 2 nitrogen and oxygen atoms in total. The van der Waals surface area contributed by atoms with Crippen molar-refractivity contribution in [2.75, 3.05) is 13.1 Å². The standard InChI is InChI=1S/C12H12BrF2NO/c13-9-7-10(14)8(6-11(9)15)12(17)16-4-2-1-3-5-16/h6-7H,1-5H2. The predicted molar refractivity (Wildman–Crippen MR) is 63.8 cm³/mol. The van der Waals surface area contributed by atoms with Crippen LogP contribution in [0.2, 0.25) is 0 Å². The van der Waals surface area contributed by atoms with Crippen LogP contribution in [0.3, 0.4) is 0 Å². The third-order valence-corrected chi connectivity index (χ3v) is 3.49. The summed E-state index contributed by atoms with van der Waals surface area (Å²) < 4.78 is 26.9. The van der Waals surface area contributed by atoms with Crippen molar-refractivity contribution in [3.05, 3.63) is 33.8 Å². The van der Waals surface area contributed by atoms with Gasteiger partial charge in [0.2, 0.25) is 0 Å². The number of hydrogen-bond donors (Lipinski definition) is 0. The molecule has 0 N–H and O–H groups in total. The fourth-order valence-electron chi connectivity index (χ4n) is 1.95. The number of carbonyl (C=O) groups is 1. The minimum absolute atomic E-state index is 0.0326. The van der Waals surface area contributed by atoms with Crippen LogP contribution in [-0.2, 0) is 0 Å². The quantitative estimate of drug-likeness (QED) is 0.729. The van der Waals surface area contributed by atoms with Crippen molar-refractivity contribution >= 4 is 21.8 Å². The molecule has 0 aromatic heterocycles. The minimum atomic E-state index is -0.686. The Bertz CT molecular complexity index is 444. The van der Waals surface area contributed by atoms with Gasteiger partial charge in [-0.25, -0.2) is 8.78 Å². The highest BCUT2D eigenvalue weighted by molar-refractivity contribution is 9.10. The summed E-state index contributed by atoms with van der Waals surface area (Å²) in [4.78, 5) is 13.6. The maximum atomic E-state index is 13.6. The minimum Gasteiger partial charge on any atom is -0.339 e. The van der Waals surface area contributed by atoms with E-state index in [-0.39, 0.29) is 10.0 Å². The summed E-state index contributed by atoms with van der Waals surface area (Å²) in [5, 5.41) is 0. The van der Waals surface area contributed by atoms with Crippen molar-refractivity contribution in [1.29, 1.82) is 0 Å². The van der Waals surface area contributed by atoms with Gasteiger partial charge in [0.15, 0.2) is 0 Å². The summed E-state index contributed by atoms with van der Waals surface area (Å²) in [7, 11) is 0. The Kier molecular flexibility index (Phi) is 3.76. The summed E-state index contributed by atoms with van der Waals surface area (Å²) in [6, 6.07) is 1.95. The first-order chi connectivity index (χ1) is 8.09. The molecule has 0 atom stereocenters. The maximum absolute atomic E-state index is 13.6. The summed E-state index contributed by atoms with van der Waals surface area (Å²) in [6.45, 7) is 1.24. The molecule has 1 aliphatic heterocycles. The van der Waals surface area contributed by atoms with Crippen LogP contribution in [0.25, 0.3) is 0 Å².